The number of nitrogens with one attached hydrogen (secondary N) is 2. The summed E-state index contributed by atoms with van der Waals surface area (Å²) >= 11 is 1.48. The van der Waals surface area contributed by atoms with Gasteiger partial charge in [0.15, 0.2) is 5.78 Å². The molecular weight excluding hydrogens is 518 g/mol. The number of nitrogens with zero attached hydrogens (tertiary/aromatic N) is 3. The molecule has 2 N–H and O–H groups in total. The molecule has 0 aliphatic carbocycles. The molecule has 8 heteroatoms. The van der Waals surface area contributed by atoms with Crippen molar-refractivity contribution in [2.45, 2.75) is 13.5 Å². The molecule has 7 rings (SSSR count). The number of ether oxygens (including phenoxy) is 1. The van der Waals surface area contributed by atoms with Gasteiger partial charge in [0, 0.05) is 39.2 Å². The molecule has 0 aliphatic heterocycles. The lowest BCUT2D eigenvalue weighted by molar-refractivity contribution is 0.102. The van der Waals surface area contributed by atoms with E-state index in [0.29, 0.717) is 12.4 Å². The van der Waals surface area contributed by atoms with Gasteiger partial charge in [-0.15, -0.1) is 11.3 Å². The molecule has 194 valence electrons. The van der Waals surface area contributed by atoms with Crippen molar-refractivity contribution in [3.63, 3.8) is 0 Å². The number of pyridine rings is 2. The number of carbonyl (C=O) groups excluding carboxylic acids is 1. The largest absolute Gasteiger partial charge is 0.487 e. The van der Waals surface area contributed by atoms with E-state index in [9.17, 15) is 4.79 Å². The van der Waals surface area contributed by atoms with Crippen LogP contribution in [0.25, 0.3) is 54.8 Å². The van der Waals surface area contributed by atoms with E-state index in [1.807, 2.05) is 73.2 Å². The van der Waals surface area contributed by atoms with Gasteiger partial charge in [-0.05, 0) is 54.4 Å². The third-order valence-corrected chi connectivity index (χ3v) is 8.10. The van der Waals surface area contributed by atoms with Crippen LogP contribution in [-0.4, -0.2) is 30.9 Å². The third kappa shape index (κ3) is 4.44. The van der Waals surface area contributed by atoms with E-state index in [2.05, 4.69) is 43.3 Å². The van der Waals surface area contributed by atoms with Crippen molar-refractivity contribution >= 4 is 38.9 Å². The Bertz CT molecular complexity index is 2000. The van der Waals surface area contributed by atoms with Crippen LogP contribution in [0.15, 0.2) is 97.6 Å². The van der Waals surface area contributed by atoms with Crippen molar-refractivity contribution in [3.05, 3.63) is 108 Å². The highest BCUT2D eigenvalue weighted by molar-refractivity contribution is 7.17. The number of hydrogen-bond acceptors (Lipinski definition) is 6. The SMILES string of the molecule is CC(=O)c1ccc(-c2cncc3[nH]c(-c4n[nH]c5ccc(-c6cncc(OCc7ccccc7)c6)cc45)cc23)s1. The van der Waals surface area contributed by atoms with Crippen LogP contribution < -0.4 is 4.74 Å². The van der Waals surface area contributed by atoms with Crippen LogP contribution in [0.4, 0.5) is 0 Å². The summed E-state index contributed by atoms with van der Waals surface area (Å²) in [4.78, 5) is 25.9. The van der Waals surface area contributed by atoms with Crippen LogP contribution in [-0.2, 0) is 6.61 Å². The maximum atomic E-state index is 11.8. The molecule has 0 saturated carbocycles. The Balaban J connectivity index is 1.23. The van der Waals surface area contributed by atoms with Gasteiger partial charge in [-0.2, -0.15) is 5.10 Å². The Morgan fingerprint density at radius 2 is 1.73 bits per heavy atom. The van der Waals surface area contributed by atoms with Gasteiger partial charge in [0.25, 0.3) is 0 Å². The summed E-state index contributed by atoms with van der Waals surface area (Å²) in [5.41, 5.74) is 7.61. The van der Waals surface area contributed by atoms with Crippen molar-refractivity contribution < 1.29 is 9.53 Å². The highest BCUT2D eigenvalue weighted by Crippen LogP contribution is 2.37. The molecule has 0 radical (unpaired) electrons. The van der Waals surface area contributed by atoms with E-state index in [0.717, 1.165) is 65.2 Å². The molecule has 0 amide bonds. The number of H-pyrrole nitrogens is 2. The Labute approximate surface area is 233 Å². The number of Topliss-reactive ketones (excluding diaryl/α,β-unsaturated/α-hetero) is 1. The predicted molar refractivity (Wildman–Crippen MR) is 159 cm³/mol. The van der Waals surface area contributed by atoms with E-state index < -0.39 is 0 Å². The normalized spacial score (nSPS) is 11.3. The highest BCUT2D eigenvalue weighted by atomic mass is 32.1. The van der Waals surface area contributed by atoms with E-state index >= 15 is 0 Å². The molecule has 40 heavy (non-hydrogen) atoms. The van der Waals surface area contributed by atoms with Gasteiger partial charge in [-0.25, -0.2) is 0 Å². The second-order valence-corrected chi connectivity index (χ2v) is 10.7. The standard InChI is InChI=1S/C32H23N5O2S/c1-19(38)30-9-10-31(40-30)26-16-34-17-29-24(26)13-28(35-29)32-25-12-21(7-8-27(25)36-37-32)22-11-23(15-33-14-22)39-18-20-5-3-2-4-6-20/h2-17,35H,18H2,1H3,(H,36,37). The quantitative estimate of drug-likeness (QED) is 0.202. The monoisotopic (exact) mass is 541 g/mol. The van der Waals surface area contributed by atoms with Gasteiger partial charge >= 0.3 is 0 Å². The van der Waals surface area contributed by atoms with Crippen LogP contribution in [0.3, 0.4) is 0 Å². The van der Waals surface area contributed by atoms with Gasteiger partial charge in [0.1, 0.15) is 18.1 Å². The summed E-state index contributed by atoms with van der Waals surface area (Å²) in [7, 11) is 0. The van der Waals surface area contributed by atoms with Crippen LogP contribution in [0.1, 0.15) is 22.2 Å². The van der Waals surface area contributed by atoms with E-state index in [4.69, 9.17) is 4.74 Å². The first-order valence-corrected chi connectivity index (χ1v) is 13.6. The number of ketones is 1. The zero-order valence-corrected chi connectivity index (χ0v) is 22.3. The molecule has 7 nitrogen and oxygen atoms in total. The first-order chi connectivity index (χ1) is 19.6. The molecule has 0 spiro atoms. The minimum atomic E-state index is 0.0634. The van der Waals surface area contributed by atoms with Crippen molar-refractivity contribution in [3.8, 4) is 38.7 Å². The molecule has 0 bridgehead atoms. The second-order valence-electron chi connectivity index (χ2n) is 9.57. The summed E-state index contributed by atoms with van der Waals surface area (Å²) in [5.74, 6) is 0.777. The van der Waals surface area contributed by atoms with Gasteiger partial charge in [-0.1, -0.05) is 36.4 Å². The molecule has 0 fully saturated rings. The number of aromatic nitrogens is 5. The first kappa shape index (κ1) is 24.0. The fraction of sp³-hybridized carbons (Fsp3) is 0.0625. The first-order valence-electron chi connectivity index (χ1n) is 12.8. The maximum Gasteiger partial charge on any atom is 0.169 e. The minimum Gasteiger partial charge on any atom is -0.487 e. The number of rotatable bonds is 7. The highest BCUT2D eigenvalue weighted by Gasteiger charge is 2.16. The summed E-state index contributed by atoms with van der Waals surface area (Å²) < 4.78 is 6.01. The minimum absolute atomic E-state index is 0.0634. The van der Waals surface area contributed by atoms with Crippen LogP contribution in [0.2, 0.25) is 0 Å². The van der Waals surface area contributed by atoms with Gasteiger partial charge in [0.2, 0.25) is 0 Å². The lowest BCUT2D eigenvalue weighted by Crippen LogP contribution is -1.95. The molecule has 5 aromatic heterocycles. The molecule has 0 aliphatic rings. The topological polar surface area (TPSA) is 96.6 Å². The molecule has 7 aromatic rings. The molecule has 0 unspecified atom stereocenters. The average Bonchev–Trinajstić information content (AvgIpc) is 3.74. The fourth-order valence-corrected chi connectivity index (χ4v) is 5.77. The molecule has 5 heterocycles. The number of hydrogen-bond donors (Lipinski definition) is 2. The predicted octanol–water partition coefficient (Wildman–Crippen LogP) is 7.68. The Morgan fingerprint density at radius 3 is 2.58 bits per heavy atom. The zero-order valence-electron chi connectivity index (χ0n) is 21.5. The number of aromatic amines is 2. The van der Waals surface area contributed by atoms with Gasteiger partial charge < -0.3 is 9.72 Å². The van der Waals surface area contributed by atoms with Crippen LogP contribution in [0.5, 0.6) is 5.75 Å². The van der Waals surface area contributed by atoms with Crippen molar-refractivity contribution in [2.75, 3.05) is 0 Å². The number of carbonyl (C=O) groups is 1. The third-order valence-electron chi connectivity index (χ3n) is 6.88. The lowest BCUT2D eigenvalue weighted by atomic mass is 10.0. The maximum absolute atomic E-state index is 11.8. The smallest absolute Gasteiger partial charge is 0.169 e. The van der Waals surface area contributed by atoms with Crippen molar-refractivity contribution in [2.24, 2.45) is 0 Å². The van der Waals surface area contributed by atoms with Crippen LogP contribution >= 0.6 is 11.3 Å². The number of thiophene rings is 1. The number of fused-ring (bicyclic) bond motifs is 2. The van der Waals surface area contributed by atoms with Crippen molar-refractivity contribution in [1.82, 2.24) is 25.1 Å². The fourth-order valence-electron chi connectivity index (χ4n) is 4.84. The second kappa shape index (κ2) is 9.91. The van der Waals surface area contributed by atoms with Gasteiger partial charge in [-0.3, -0.25) is 19.9 Å². The van der Waals surface area contributed by atoms with E-state index in [1.54, 1.807) is 13.1 Å². The molecular formula is C32H23N5O2S. The van der Waals surface area contributed by atoms with E-state index in [1.165, 1.54) is 11.3 Å². The molecule has 2 aromatic carbocycles. The Kier molecular flexibility index (Phi) is 5.94. The number of benzene rings is 2. The van der Waals surface area contributed by atoms with E-state index in [-0.39, 0.29) is 5.78 Å². The molecule has 0 saturated heterocycles. The summed E-state index contributed by atoms with van der Waals surface area (Å²) in [6, 6.07) is 24.2. The van der Waals surface area contributed by atoms with Crippen molar-refractivity contribution in [1.29, 1.82) is 0 Å². The average molecular weight is 542 g/mol. The summed E-state index contributed by atoms with van der Waals surface area (Å²) in [6.45, 7) is 2.07. The lowest BCUT2D eigenvalue weighted by Gasteiger charge is -2.08. The summed E-state index contributed by atoms with van der Waals surface area (Å²) in [5, 5.41) is 9.83. The summed E-state index contributed by atoms with van der Waals surface area (Å²) in [6.07, 6.45) is 7.23. The zero-order chi connectivity index (χ0) is 27.1. The Morgan fingerprint density at radius 1 is 0.850 bits per heavy atom. The molecule has 0 atom stereocenters. The van der Waals surface area contributed by atoms with Gasteiger partial charge in [0.05, 0.1) is 34.0 Å². The van der Waals surface area contributed by atoms with Crippen LogP contribution in [0, 0.1) is 0 Å². The Hall–Kier alpha value is -5.08.